The van der Waals surface area contributed by atoms with Crippen molar-refractivity contribution in [3.63, 3.8) is 0 Å². The van der Waals surface area contributed by atoms with Crippen molar-refractivity contribution in [2.75, 3.05) is 0 Å². The van der Waals surface area contributed by atoms with E-state index in [1.807, 2.05) is 5.43 Å². The summed E-state index contributed by atoms with van der Waals surface area (Å²) in [4.78, 5) is 10.6. The Kier molecular flexibility index (Phi) is 2.07. The van der Waals surface area contributed by atoms with Gasteiger partial charge < -0.3 is 4.42 Å². The second-order valence-electron chi connectivity index (χ2n) is 1.82. The highest BCUT2D eigenvalue weighted by Crippen LogP contribution is 1.99. The van der Waals surface area contributed by atoms with Crippen LogP contribution in [0.4, 0.5) is 0 Å². The molecule has 1 aromatic rings. The van der Waals surface area contributed by atoms with Gasteiger partial charge >= 0.3 is 0 Å². The Hall–Kier alpha value is -1.29. The molecule has 0 aromatic carbocycles. The van der Waals surface area contributed by atoms with Crippen LogP contribution in [-0.2, 0) is 11.2 Å². The SMILES string of the molecule is NNC(=O)Cc1ccco1. The van der Waals surface area contributed by atoms with Crippen LogP contribution in [0.1, 0.15) is 5.76 Å². The standard InChI is InChI=1S/C6H8N2O2/c7-8-6(9)4-5-2-1-3-10-5/h1-3H,4,7H2,(H,8,9). The Bertz CT molecular complexity index is 206. The van der Waals surface area contributed by atoms with Gasteiger partial charge in [-0.1, -0.05) is 0 Å². The Morgan fingerprint density at radius 3 is 3.10 bits per heavy atom. The first-order chi connectivity index (χ1) is 4.83. The highest BCUT2D eigenvalue weighted by Gasteiger charge is 2.01. The van der Waals surface area contributed by atoms with Gasteiger partial charge in [0.25, 0.3) is 0 Å². The maximum Gasteiger partial charge on any atom is 0.241 e. The molecular formula is C6H8N2O2. The van der Waals surface area contributed by atoms with Crippen molar-refractivity contribution in [1.29, 1.82) is 0 Å². The Labute approximate surface area is 58.0 Å². The lowest BCUT2D eigenvalue weighted by Crippen LogP contribution is -2.31. The molecule has 54 valence electrons. The molecule has 0 fully saturated rings. The van der Waals surface area contributed by atoms with Crippen molar-refractivity contribution in [3.05, 3.63) is 24.2 Å². The van der Waals surface area contributed by atoms with Gasteiger partial charge in [-0.3, -0.25) is 10.2 Å². The van der Waals surface area contributed by atoms with E-state index < -0.39 is 0 Å². The van der Waals surface area contributed by atoms with Crippen LogP contribution in [0.15, 0.2) is 22.8 Å². The maximum atomic E-state index is 10.6. The summed E-state index contributed by atoms with van der Waals surface area (Å²) in [6, 6.07) is 3.44. The van der Waals surface area contributed by atoms with Gasteiger partial charge in [-0.15, -0.1) is 0 Å². The van der Waals surface area contributed by atoms with Crippen molar-refractivity contribution < 1.29 is 9.21 Å². The van der Waals surface area contributed by atoms with Gasteiger partial charge in [-0.25, -0.2) is 5.84 Å². The molecule has 1 aromatic heterocycles. The first kappa shape index (κ1) is 6.82. The summed E-state index contributed by atoms with van der Waals surface area (Å²) in [5, 5.41) is 0. The summed E-state index contributed by atoms with van der Waals surface area (Å²) < 4.78 is 4.89. The first-order valence-corrected chi connectivity index (χ1v) is 2.85. The van der Waals surface area contributed by atoms with Crippen LogP contribution in [0.3, 0.4) is 0 Å². The number of hydrazine groups is 1. The molecule has 0 saturated heterocycles. The minimum absolute atomic E-state index is 0.198. The normalized spacial score (nSPS) is 9.30. The summed E-state index contributed by atoms with van der Waals surface area (Å²) in [6.45, 7) is 0. The Morgan fingerprint density at radius 2 is 2.60 bits per heavy atom. The second kappa shape index (κ2) is 3.03. The van der Waals surface area contributed by atoms with Crippen molar-refractivity contribution in [2.24, 2.45) is 5.84 Å². The van der Waals surface area contributed by atoms with Gasteiger partial charge in [-0.2, -0.15) is 0 Å². The van der Waals surface area contributed by atoms with Crippen LogP contribution in [0.5, 0.6) is 0 Å². The molecule has 0 spiro atoms. The fraction of sp³-hybridized carbons (Fsp3) is 0.167. The third kappa shape index (κ3) is 1.60. The van der Waals surface area contributed by atoms with Gasteiger partial charge in [0, 0.05) is 0 Å². The topological polar surface area (TPSA) is 68.3 Å². The predicted octanol–water partition coefficient (Wildman–Crippen LogP) is -0.188. The molecule has 0 saturated carbocycles. The van der Waals surface area contributed by atoms with Crippen LogP contribution < -0.4 is 11.3 Å². The fourth-order valence-corrected chi connectivity index (χ4v) is 0.622. The van der Waals surface area contributed by atoms with E-state index in [-0.39, 0.29) is 12.3 Å². The number of nitrogens with two attached hydrogens (primary N) is 1. The van der Waals surface area contributed by atoms with Gasteiger partial charge in [0.2, 0.25) is 5.91 Å². The van der Waals surface area contributed by atoms with Crippen LogP contribution in [0.25, 0.3) is 0 Å². The minimum Gasteiger partial charge on any atom is -0.469 e. The highest BCUT2D eigenvalue weighted by atomic mass is 16.3. The van der Waals surface area contributed by atoms with E-state index >= 15 is 0 Å². The maximum absolute atomic E-state index is 10.6. The molecule has 1 rings (SSSR count). The number of carbonyl (C=O) groups excluding carboxylic acids is 1. The van der Waals surface area contributed by atoms with E-state index in [0.717, 1.165) is 0 Å². The molecule has 1 heterocycles. The molecule has 0 aliphatic rings. The zero-order valence-electron chi connectivity index (χ0n) is 5.33. The smallest absolute Gasteiger partial charge is 0.241 e. The van der Waals surface area contributed by atoms with Gasteiger partial charge in [0.1, 0.15) is 5.76 Å². The van der Waals surface area contributed by atoms with Crippen LogP contribution in [-0.4, -0.2) is 5.91 Å². The molecule has 0 aliphatic carbocycles. The van der Waals surface area contributed by atoms with E-state index in [4.69, 9.17) is 10.3 Å². The molecule has 3 N–H and O–H groups in total. The summed E-state index contributed by atoms with van der Waals surface area (Å²) in [6.07, 6.45) is 1.71. The van der Waals surface area contributed by atoms with Gasteiger partial charge in [0.05, 0.1) is 12.7 Å². The summed E-state index contributed by atoms with van der Waals surface area (Å²) in [5.74, 6) is 5.21. The van der Waals surface area contributed by atoms with E-state index in [1.165, 1.54) is 6.26 Å². The number of carbonyl (C=O) groups is 1. The largest absolute Gasteiger partial charge is 0.469 e. The van der Waals surface area contributed by atoms with Crippen LogP contribution in [0.2, 0.25) is 0 Å². The van der Waals surface area contributed by atoms with Crippen molar-refractivity contribution in [1.82, 2.24) is 5.43 Å². The molecule has 0 aliphatic heterocycles. The van der Waals surface area contributed by atoms with E-state index in [9.17, 15) is 4.79 Å². The average molecular weight is 140 g/mol. The average Bonchev–Trinajstić information content (AvgIpc) is 2.40. The van der Waals surface area contributed by atoms with Gasteiger partial charge in [-0.05, 0) is 12.1 Å². The lowest BCUT2D eigenvalue weighted by molar-refractivity contribution is -0.120. The quantitative estimate of drug-likeness (QED) is 0.340. The Balaban J connectivity index is 2.48. The molecule has 10 heavy (non-hydrogen) atoms. The number of rotatable bonds is 2. The summed E-state index contributed by atoms with van der Waals surface area (Å²) >= 11 is 0. The van der Waals surface area contributed by atoms with Crippen LogP contribution >= 0.6 is 0 Å². The fourth-order valence-electron chi connectivity index (χ4n) is 0.622. The first-order valence-electron chi connectivity index (χ1n) is 2.85. The van der Waals surface area contributed by atoms with Crippen LogP contribution in [0, 0.1) is 0 Å². The molecular weight excluding hydrogens is 132 g/mol. The molecule has 0 bridgehead atoms. The number of hydrogen-bond acceptors (Lipinski definition) is 3. The summed E-state index contributed by atoms with van der Waals surface area (Å²) in [7, 11) is 0. The van der Waals surface area contributed by atoms with E-state index in [0.29, 0.717) is 5.76 Å². The minimum atomic E-state index is -0.255. The van der Waals surface area contributed by atoms with Crippen molar-refractivity contribution in [3.8, 4) is 0 Å². The molecule has 1 amide bonds. The second-order valence-corrected chi connectivity index (χ2v) is 1.82. The van der Waals surface area contributed by atoms with E-state index in [1.54, 1.807) is 12.1 Å². The molecule has 0 atom stereocenters. The number of hydrogen-bond donors (Lipinski definition) is 2. The predicted molar refractivity (Wildman–Crippen MR) is 34.7 cm³/mol. The number of furan rings is 1. The summed E-state index contributed by atoms with van der Waals surface area (Å²) in [5.41, 5.74) is 2.00. The molecule has 0 unspecified atom stereocenters. The zero-order chi connectivity index (χ0) is 7.40. The third-order valence-corrected chi connectivity index (χ3v) is 1.08. The molecule has 0 radical (unpaired) electrons. The lowest BCUT2D eigenvalue weighted by atomic mass is 10.3. The lowest BCUT2D eigenvalue weighted by Gasteiger charge is -1.93. The zero-order valence-corrected chi connectivity index (χ0v) is 5.33. The monoisotopic (exact) mass is 140 g/mol. The highest BCUT2D eigenvalue weighted by molar-refractivity contribution is 5.77. The number of nitrogens with one attached hydrogen (secondary N) is 1. The van der Waals surface area contributed by atoms with Gasteiger partial charge in [0.15, 0.2) is 0 Å². The molecule has 4 heteroatoms. The Morgan fingerprint density at radius 1 is 1.80 bits per heavy atom. The van der Waals surface area contributed by atoms with E-state index in [2.05, 4.69) is 0 Å². The van der Waals surface area contributed by atoms with Crippen molar-refractivity contribution >= 4 is 5.91 Å². The number of amides is 1. The van der Waals surface area contributed by atoms with Crippen molar-refractivity contribution in [2.45, 2.75) is 6.42 Å². The molecule has 4 nitrogen and oxygen atoms in total. The third-order valence-electron chi connectivity index (χ3n) is 1.08.